The van der Waals surface area contributed by atoms with E-state index < -0.39 is 0 Å². The third-order valence-electron chi connectivity index (χ3n) is 2.66. The minimum Gasteiger partial charge on any atom is -0.486 e. The lowest BCUT2D eigenvalue weighted by atomic mass is 10.2. The van der Waals surface area contributed by atoms with Crippen LogP contribution >= 0.6 is 0 Å². The number of nitrogens with one attached hydrogen (secondary N) is 2. The van der Waals surface area contributed by atoms with Crippen molar-refractivity contribution >= 4 is 11.6 Å². The molecule has 0 spiro atoms. The van der Waals surface area contributed by atoms with Crippen molar-refractivity contribution in [2.45, 2.75) is 13.8 Å². The molecule has 1 aromatic carbocycles. The fourth-order valence-electron chi connectivity index (χ4n) is 1.80. The Hall–Kier alpha value is -1.75. The van der Waals surface area contributed by atoms with Gasteiger partial charge in [0.2, 0.25) is 5.91 Å². The van der Waals surface area contributed by atoms with Gasteiger partial charge in [-0.05, 0) is 24.6 Å². The summed E-state index contributed by atoms with van der Waals surface area (Å²) in [6, 6.07) is 5.41. The Bertz CT molecular complexity index is 446. The molecular weight excluding hydrogens is 244 g/mol. The van der Waals surface area contributed by atoms with E-state index in [1.54, 1.807) is 6.07 Å². The summed E-state index contributed by atoms with van der Waals surface area (Å²) in [4.78, 5) is 11.7. The zero-order chi connectivity index (χ0) is 13.7. The molecule has 1 aliphatic rings. The highest BCUT2D eigenvalue weighted by Crippen LogP contribution is 2.32. The van der Waals surface area contributed by atoms with Crippen molar-refractivity contribution in [3.8, 4) is 11.5 Å². The smallest absolute Gasteiger partial charge is 0.238 e. The van der Waals surface area contributed by atoms with Crippen LogP contribution in [0.5, 0.6) is 11.5 Å². The van der Waals surface area contributed by atoms with Gasteiger partial charge in [0.25, 0.3) is 0 Å². The number of ether oxygens (including phenoxy) is 2. The van der Waals surface area contributed by atoms with Crippen molar-refractivity contribution < 1.29 is 14.3 Å². The number of rotatable bonds is 5. The summed E-state index contributed by atoms with van der Waals surface area (Å²) in [6.45, 7) is 6.46. The Kier molecular flexibility index (Phi) is 4.63. The number of hydrogen-bond donors (Lipinski definition) is 2. The molecule has 104 valence electrons. The maximum Gasteiger partial charge on any atom is 0.238 e. The van der Waals surface area contributed by atoms with Gasteiger partial charge >= 0.3 is 0 Å². The molecule has 1 aliphatic heterocycles. The topological polar surface area (TPSA) is 59.6 Å². The van der Waals surface area contributed by atoms with Gasteiger partial charge in [0.15, 0.2) is 11.5 Å². The molecule has 19 heavy (non-hydrogen) atoms. The minimum absolute atomic E-state index is 0.0580. The van der Waals surface area contributed by atoms with Crippen LogP contribution in [-0.4, -0.2) is 32.2 Å². The first-order valence-corrected chi connectivity index (χ1v) is 6.55. The van der Waals surface area contributed by atoms with Crippen LogP contribution in [0.3, 0.4) is 0 Å². The van der Waals surface area contributed by atoms with Gasteiger partial charge in [0.1, 0.15) is 13.2 Å². The standard InChI is InChI=1S/C14H20N2O3/c1-10(2)8-15-9-14(17)16-11-3-4-12-13(7-11)19-6-5-18-12/h3-4,7,10,15H,5-6,8-9H2,1-2H3,(H,16,17). The molecule has 0 aliphatic carbocycles. The van der Waals surface area contributed by atoms with Crippen LogP contribution in [0.2, 0.25) is 0 Å². The van der Waals surface area contributed by atoms with Gasteiger partial charge in [0.05, 0.1) is 6.54 Å². The molecule has 0 aromatic heterocycles. The molecule has 1 heterocycles. The van der Waals surface area contributed by atoms with E-state index >= 15 is 0 Å². The van der Waals surface area contributed by atoms with Crippen LogP contribution in [0.25, 0.3) is 0 Å². The summed E-state index contributed by atoms with van der Waals surface area (Å²) < 4.78 is 10.9. The highest BCUT2D eigenvalue weighted by Gasteiger charge is 2.12. The summed E-state index contributed by atoms with van der Waals surface area (Å²) in [6.07, 6.45) is 0. The van der Waals surface area contributed by atoms with Crippen molar-refractivity contribution in [1.82, 2.24) is 5.32 Å². The van der Waals surface area contributed by atoms with Crippen molar-refractivity contribution in [2.24, 2.45) is 5.92 Å². The normalized spacial score (nSPS) is 13.4. The second kappa shape index (κ2) is 6.43. The number of carbonyl (C=O) groups excluding carboxylic acids is 1. The number of anilines is 1. The zero-order valence-electron chi connectivity index (χ0n) is 11.4. The Morgan fingerprint density at radius 2 is 2.00 bits per heavy atom. The number of fused-ring (bicyclic) bond motifs is 1. The van der Waals surface area contributed by atoms with E-state index in [1.165, 1.54) is 0 Å². The molecule has 0 bridgehead atoms. The van der Waals surface area contributed by atoms with E-state index in [0.717, 1.165) is 18.0 Å². The molecule has 0 saturated carbocycles. The van der Waals surface area contributed by atoms with Crippen LogP contribution in [0.4, 0.5) is 5.69 Å². The van der Waals surface area contributed by atoms with E-state index in [4.69, 9.17) is 9.47 Å². The second-order valence-corrected chi connectivity index (χ2v) is 4.93. The summed E-state index contributed by atoms with van der Waals surface area (Å²) in [5.41, 5.74) is 0.723. The maximum atomic E-state index is 11.7. The average molecular weight is 264 g/mol. The lowest BCUT2D eigenvalue weighted by Crippen LogP contribution is -2.30. The van der Waals surface area contributed by atoms with Gasteiger partial charge < -0.3 is 20.1 Å². The van der Waals surface area contributed by atoms with Gasteiger partial charge in [-0.15, -0.1) is 0 Å². The van der Waals surface area contributed by atoms with E-state index in [2.05, 4.69) is 24.5 Å². The second-order valence-electron chi connectivity index (χ2n) is 4.93. The highest BCUT2D eigenvalue weighted by atomic mass is 16.6. The van der Waals surface area contributed by atoms with E-state index in [0.29, 0.717) is 31.4 Å². The number of benzene rings is 1. The average Bonchev–Trinajstić information content (AvgIpc) is 2.38. The third-order valence-corrected chi connectivity index (χ3v) is 2.66. The number of hydrogen-bond acceptors (Lipinski definition) is 4. The molecule has 0 atom stereocenters. The molecule has 0 saturated heterocycles. The predicted octanol–water partition coefficient (Wildman–Crippen LogP) is 1.64. The molecule has 0 radical (unpaired) electrons. The molecule has 1 aromatic rings. The lowest BCUT2D eigenvalue weighted by Gasteiger charge is -2.19. The number of carbonyl (C=O) groups is 1. The van der Waals surface area contributed by atoms with E-state index in [9.17, 15) is 4.79 Å². The third kappa shape index (κ3) is 4.13. The fourth-order valence-corrected chi connectivity index (χ4v) is 1.80. The van der Waals surface area contributed by atoms with Crippen LogP contribution in [0, 0.1) is 5.92 Å². The summed E-state index contributed by atoms with van der Waals surface area (Å²) >= 11 is 0. The first-order valence-electron chi connectivity index (χ1n) is 6.55. The highest BCUT2D eigenvalue weighted by molar-refractivity contribution is 5.92. The zero-order valence-corrected chi connectivity index (χ0v) is 11.4. The molecule has 0 unspecified atom stereocenters. The number of amides is 1. The van der Waals surface area contributed by atoms with Crippen LogP contribution < -0.4 is 20.1 Å². The van der Waals surface area contributed by atoms with Crippen molar-refractivity contribution in [3.05, 3.63) is 18.2 Å². The van der Waals surface area contributed by atoms with Crippen LogP contribution in [-0.2, 0) is 4.79 Å². The quantitative estimate of drug-likeness (QED) is 0.849. The SMILES string of the molecule is CC(C)CNCC(=O)Nc1ccc2c(c1)OCCO2. The monoisotopic (exact) mass is 264 g/mol. The van der Waals surface area contributed by atoms with Gasteiger partial charge in [-0.1, -0.05) is 13.8 Å². The van der Waals surface area contributed by atoms with Crippen molar-refractivity contribution in [2.75, 3.05) is 31.6 Å². The maximum absolute atomic E-state index is 11.7. The predicted molar refractivity (Wildman–Crippen MR) is 73.8 cm³/mol. The van der Waals surface area contributed by atoms with Crippen LogP contribution in [0.15, 0.2) is 18.2 Å². The summed E-state index contributed by atoms with van der Waals surface area (Å²) in [5.74, 6) is 1.88. The molecule has 5 heteroatoms. The first-order chi connectivity index (χ1) is 9.15. The first kappa shape index (κ1) is 13.7. The Balaban J connectivity index is 1.86. The van der Waals surface area contributed by atoms with Gasteiger partial charge in [-0.3, -0.25) is 4.79 Å². The largest absolute Gasteiger partial charge is 0.486 e. The molecule has 0 fully saturated rings. The van der Waals surface area contributed by atoms with Gasteiger partial charge in [-0.25, -0.2) is 0 Å². The Morgan fingerprint density at radius 3 is 2.74 bits per heavy atom. The summed E-state index contributed by atoms with van der Waals surface area (Å²) in [7, 11) is 0. The van der Waals surface area contributed by atoms with E-state index in [-0.39, 0.29) is 5.91 Å². The Labute approximate surface area is 113 Å². The van der Waals surface area contributed by atoms with Crippen LogP contribution in [0.1, 0.15) is 13.8 Å². The molecule has 2 rings (SSSR count). The Morgan fingerprint density at radius 1 is 1.26 bits per heavy atom. The molecule has 2 N–H and O–H groups in total. The molecule has 5 nitrogen and oxygen atoms in total. The molecular formula is C14H20N2O3. The van der Waals surface area contributed by atoms with Gasteiger partial charge in [0, 0.05) is 11.8 Å². The van der Waals surface area contributed by atoms with Gasteiger partial charge in [-0.2, -0.15) is 0 Å². The van der Waals surface area contributed by atoms with Crippen molar-refractivity contribution in [1.29, 1.82) is 0 Å². The molecule has 1 amide bonds. The minimum atomic E-state index is -0.0580. The van der Waals surface area contributed by atoms with E-state index in [1.807, 2.05) is 12.1 Å². The fraction of sp³-hybridized carbons (Fsp3) is 0.500. The lowest BCUT2D eigenvalue weighted by molar-refractivity contribution is -0.115. The summed E-state index contributed by atoms with van der Waals surface area (Å²) in [5, 5.41) is 5.93. The van der Waals surface area contributed by atoms with Crippen molar-refractivity contribution in [3.63, 3.8) is 0 Å².